The molecule has 8 rings (SSSR count). The van der Waals surface area contributed by atoms with E-state index in [1.807, 2.05) is 49.5 Å². The summed E-state index contributed by atoms with van der Waals surface area (Å²) in [7, 11) is 0. The maximum absolute atomic E-state index is 13.5. The average molecular weight is 706 g/mol. The molecule has 10 nitrogen and oxygen atoms in total. The van der Waals surface area contributed by atoms with Gasteiger partial charge < -0.3 is 18.7 Å². The lowest BCUT2D eigenvalue weighted by Crippen LogP contribution is -2.35. The van der Waals surface area contributed by atoms with Crippen LogP contribution < -0.4 is 4.74 Å². The molecule has 0 spiro atoms. The first-order chi connectivity index (χ1) is 25.2. The molecule has 12 heteroatoms. The Hall–Kier alpha value is -5.46. The summed E-state index contributed by atoms with van der Waals surface area (Å²) in [4.78, 5) is 29.9. The predicted molar refractivity (Wildman–Crippen MR) is 190 cm³/mol. The summed E-state index contributed by atoms with van der Waals surface area (Å²) in [5.74, 6) is 0.862. The quantitative estimate of drug-likeness (QED) is 0.150. The van der Waals surface area contributed by atoms with Crippen LogP contribution in [0.15, 0.2) is 81.9 Å². The number of ether oxygens (including phenoxy) is 1. The molecular formula is C40H37F2N5O5. The van der Waals surface area contributed by atoms with Crippen molar-refractivity contribution in [1.29, 1.82) is 0 Å². The Kier molecular flexibility index (Phi) is 9.02. The highest BCUT2D eigenvalue weighted by atomic mass is 19.3. The van der Waals surface area contributed by atoms with E-state index < -0.39 is 18.6 Å². The highest BCUT2D eigenvalue weighted by Crippen LogP contribution is 2.39. The molecule has 3 aromatic carbocycles. The van der Waals surface area contributed by atoms with E-state index in [9.17, 15) is 18.7 Å². The van der Waals surface area contributed by atoms with Crippen molar-refractivity contribution in [3.8, 4) is 39.8 Å². The van der Waals surface area contributed by atoms with Gasteiger partial charge in [0.05, 0.1) is 5.69 Å². The lowest BCUT2D eigenvalue weighted by Gasteiger charge is -2.24. The van der Waals surface area contributed by atoms with Crippen LogP contribution in [0.25, 0.3) is 45.1 Å². The zero-order valence-corrected chi connectivity index (χ0v) is 28.8. The molecule has 1 saturated heterocycles. The summed E-state index contributed by atoms with van der Waals surface area (Å²) >= 11 is 0. The minimum atomic E-state index is -3.06. The van der Waals surface area contributed by atoms with Crippen molar-refractivity contribution in [3.05, 3.63) is 107 Å². The summed E-state index contributed by atoms with van der Waals surface area (Å²) in [5.41, 5.74) is 8.91. The second kappa shape index (κ2) is 13.9. The first kappa shape index (κ1) is 33.7. The van der Waals surface area contributed by atoms with Crippen molar-refractivity contribution >= 4 is 17.1 Å². The SMILES string of the molecule is Cc1c(-c2nc3c(o2)CCN(Cc2cccnc2)C3)cccc1-c1cccc(-c2nc3cc(CN4CCC[C@H]4C(=O)O)c(OC(F)F)cc3o2)c1C. The van der Waals surface area contributed by atoms with Gasteiger partial charge in [0.15, 0.2) is 5.58 Å². The second-order valence-corrected chi connectivity index (χ2v) is 13.5. The number of nitrogens with zero attached hydrogens (tertiary/aromatic N) is 5. The van der Waals surface area contributed by atoms with Crippen LogP contribution in [-0.2, 0) is 30.8 Å². The molecule has 3 aromatic heterocycles. The van der Waals surface area contributed by atoms with Crippen LogP contribution in [0.4, 0.5) is 8.78 Å². The van der Waals surface area contributed by atoms with E-state index in [-0.39, 0.29) is 12.3 Å². The summed E-state index contributed by atoms with van der Waals surface area (Å²) < 4.78 is 44.4. The molecule has 2 aliphatic heterocycles. The van der Waals surface area contributed by atoms with Gasteiger partial charge in [0.1, 0.15) is 23.1 Å². The van der Waals surface area contributed by atoms with Gasteiger partial charge in [-0.25, -0.2) is 9.97 Å². The van der Waals surface area contributed by atoms with Crippen molar-refractivity contribution in [2.75, 3.05) is 13.1 Å². The monoisotopic (exact) mass is 705 g/mol. The number of aliphatic carboxylic acids is 1. The smallest absolute Gasteiger partial charge is 0.387 e. The van der Waals surface area contributed by atoms with Crippen molar-refractivity contribution in [1.82, 2.24) is 24.8 Å². The number of hydrogen-bond acceptors (Lipinski definition) is 9. The van der Waals surface area contributed by atoms with Crippen molar-refractivity contribution in [3.63, 3.8) is 0 Å². The third kappa shape index (κ3) is 6.55. The third-order valence-electron chi connectivity index (χ3n) is 10.2. The molecule has 0 saturated carbocycles. The van der Waals surface area contributed by atoms with Crippen molar-refractivity contribution in [2.45, 2.75) is 65.4 Å². The molecule has 0 radical (unpaired) electrons. The number of carboxylic acid groups (broad SMARTS) is 1. The Balaban J connectivity index is 1.09. The van der Waals surface area contributed by atoms with Crippen LogP contribution in [0, 0.1) is 13.8 Å². The van der Waals surface area contributed by atoms with E-state index in [0.29, 0.717) is 54.4 Å². The highest BCUT2D eigenvalue weighted by Gasteiger charge is 2.32. The maximum Gasteiger partial charge on any atom is 0.387 e. The Morgan fingerprint density at radius 2 is 1.67 bits per heavy atom. The molecule has 1 fully saturated rings. The topological polar surface area (TPSA) is 118 Å². The third-order valence-corrected chi connectivity index (χ3v) is 10.2. The number of halogens is 2. The Bertz CT molecular complexity index is 2270. The standard InChI is InChI=1S/C40H37F2N5O5/c1-23-27(28-9-4-11-30(24(28)2)38-45-32-22-46(16-13-34(32)50-38)20-25-7-5-14-43-19-25)8-3-10-29(23)37-44-31-17-26(21-47-15-6-12-33(47)39(48)49)35(52-40(41)42)18-36(31)51-37/h3-5,7-11,14,17-19,33,40H,6,12-13,15-16,20-22H2,1-2H3,(H,48,49)/t33-/m0/s1. The molecule has 0 amide bonds. The molecule has 1 N–H and O–H groups in total. The lowest BCUT2D eigenvalue weighted by molar-refractivity contribution is -0.142. The summed E-state index contributed by atoms with van der Waals surface area (Å²) in [6, 6.07) is 18.4. The summed E-state index contributed by atoms with van der Waals surface area (Å²) in [5, 5.41) is 9.65. The molecule has 52 heavy (non-hydrogen) atoms. The largest absolute Gasteiger partial charge is 0.480 e. The molecule has 6 aromatic rings. The molecule has 2 aliphatic rings. The van der Waals surface area contributed by atoms with Gasteiger partial charge in [-0.1, -0.05) is 30.3 Å². The molecule has 0 bridgehead atoms. The van der Waals surface area contributed by atoms with Gasteiger partial charge in [0.25, 0.3) is 0 Å². The van der Waals surface area contributed by atoms with Crippen LogP contribution in [0.2, 0.25) is 0 Å². The molecule has 5 heterocycles. The number of hydrogen-bond donors (Lipinski definition) is 1. The minimum absolute atomic E-state index is 0.0615. The minimum Gasteiger partial charge on any atom is -0.480 e. The van der Waals surface area contributed by atoms with Crippen LogP contribution in [0.5, 0.6) is 5.75 Å². The Labute approximate surface area is 298 Å². The van der Waals surface area contributed by atoms with Gasteiger partial charge in [-0.3, -0.25) is 19.6 Å². The van der Waals surface area contributed by atoms with E-state index in [2.05, 4.69) is 28.9 Å². The van der Waals surface area contributed by atoms with Crippen LogP contribution in [-0.4, -0.2) is 61.6 Å². The summed E-state index contributed by atoms with van der Waals surface area (Å²) in [6.45, 7) is 4.08. The van der Waals surface area contributed by atoms with Crippen molar-refractivity contribution < 1.29 is 32.3 Å². The lowest BCUT2D eigenvalue weighted by atomic mass is 9.91. The number of benzene rings is 3. The number of likely N-dealkylation sites (tertiary alicyclic amines) is 1. The van der Waals surface area contributed by atoms with E-state index in [0.717, 1.165) is 69.9 Å². The number of carboxylic acids is 1. The molecule has 0 unspecified atom stereocenters. The first-order valence-corrected chi connectivity index (χ1v) is 17.4. The molecule has 266 valence electrons. The first-order valence-electron chi connectivity index (χ1n) is 17.4. The second-order valence-electron chi connectivity index (χ2n) is 13.5. The van der Waals surface area contributed by atoms with E-state index in [1.165, 1.54) is 6.07 Å². The maximum atomic E-state index is 13.5. The molecule has 1 atom stereocenters. The van der Waals surface area contributed by atoms with Gasteiger partial charge in [0.2, 0.25) is 11.8 Å². The van der Waals surface area contributed by atoms with E-state index >= 15 is 0 Å². The predicted octanol–water partition coefficient (Wildman–Crippen LogP) is 8.04. The van der Waals surface area contributed by atoms with E-state index in [4.69, 9.17) is 23.5 Å². The number of pyridine rings is 1. The zero-order valence-electron chi connectivity index (χ0n) is 28.8. The van der Waals surface area contributed by atoms with Crippen molar-refractivity contribution in [2.24, 2.45) is 0 Å². The van der Waals surface area contributed by atoms with Gasteiger partial charge >= 0.3 is 12.6 Å². The number of oxazole rings is 2. The fourth-order valence-electron chi connectivity index (χ4n) is 7.53. The van der Waals surface area contributed by atoms with Gasteiger partial charge in [-0.2, -0.15) is 8.78 Å². The highest BCUT2D eigenvalue weighted by molar-refractivity contribution is 5.84. The Morgan fingerprint density at radius 1 is 0.942 bits per heavy atom. The van der Waals surface area contributed by atoms with Crippen LogP contribution in [0.1, 0.15) is 46.5 Å². The number of aromatic nitrogens is 3. The average Bonchev–Trinajstić information content (AvgIpc) is 3.87. The van der Waals surface area contributed by atoms with Gasteiger partial charge in [-0.05, 0) is 85.3 Å². The molecule has 0 aliphatic carbocycles. The number of carbonyl (C=O) groups is 1. The normalized spacial score (nSPS) is 16.5. The van der Waals surface area contributed by atoms with Gasteiger partial charge in [0, 0.05) is 67.8 Å². The Morgan fingerprint density at radius 3 is 2.37 bits per heavy atom. The summed E-state index contributed by atoms with van der Waals surface area (Å²) in [6.07, 6.45) is 5.67. The van der Waals surface area contributed by atoms with Crippen LogP contribution >= 0.6 is 0 Å². The zero-order chi connectivity index (χ0) is 35.9. The number of fused-ring (bicyclic) bond motifs is 2. The number of alkyl halides is 2. The molecular weight excluding hydrogens is 668 g/mol. The van der Waals surface area contributed by atoms with Gasteiger partial charge in [-0.15, -0.1) is 0 Å². The fourth-order valence-corrected chi connectivity index (χ4v) is 7.53. The fraction of sp³-hybridized carbons (Fsp3) is 0.300. The van der Waals surface area contributed by atoms with E-state index in [1.54, 1.807) is 17.2 Å². The van der Waals surface area contributed by atoms with Crippen LogP contribution in [0.3, 0.4) is 0 Å². The number of rotatable bonds is 10.